The van der Waals surface area contributed by atoms with Crippen LogP contribution in [0.5, 0.6) is 5.75 Å². The summed E-state index contributed by atoms with van der Waals surface area (Å²) in [5, 5.41) is 10.2. The van der Waals surface area contributed by atoms with Crippen molar-refractivity contribution in [1.82, 2.24) is 15.6 Å². The highest BCUT2D eigenvalue weighted by Crippen LogP contribution is 2.39. The van der Waals surface area contributed by atoms with Gasteiger partial charge >= 0.3 is 0 Å². The summed E-state index contributed by atoms with van der Waals surface area (Å²) in [7, 11) is 1.79. The average Bonchev–Trinajstić information content (AvgIpc) is 2.64. The second kappa shape index (κ2) is 9.77. The molecule has 0 fully saturated rings. The van der Waals surface area contributed by atoms with Crippen LogP contribution in [0.15, 0.2) is 53.7 Å². The van der Waals surface area contributed by atoms with Gasteiger partial charge in [-0.1, -0.05) is 24.3 Å². The maximum Gasteiger partial charge on any atom is 0.191 e. The van der Waals surface area contributed by atoms with Crippen LogP contribution in [0.3, 0.4) is 0 Å². The third-order valence-electron chi connectivity index (χ3n) is 4.30. The third kappa shape index (κ3) is 5.98. The number of hydrogen-bond acceptors (Lipinski definition) is 4. The Morgan fingerprint density at radius 2 is 1.96 bits per heavy atom. The molecule has 0 aliphatic carbocycles. The van der Waals surface area contributed by atoms with Crippen molar-refractivity contribution in [2.75, 3.05) is 25.5 Å². The first-order valence-electron chi connectivity index (χ1n) is 8.97. The number of fused-ring (bicyclic) bond motifs is 1. The van der Waals surface area contributed by atoms with Crippen LogP contribution >= 0.6 is 24.0 Å². The van der Waals surface area contributed by atoms with Gasteiger partial charge < -0.3 is 20.7 Å². The number of para-hydroxylation sites is 1. The Bertz CT molecular complexity index is 751. The number of halogens is 1. The van der Waals surface area contributed by atoms with Gasteiger partial charge in [0, 0.05) is 38.3 Å². The maximum atomic E-state index is 6.10. The minimum absolute atomic E-state index is 0. The van der Waals surface area contributed by atoms with E-state index in [4.69, 9.17) is 4.74 Å². The standard InChI is InChI=1S/C20H27N5O.HI/c1-20(2)14-16(15-8-4-5-9-17(15)26-20)25-19(21-3)24-13-12-23-18-10-6-7-11-22-18;/h4-11,16H,12-14H2,1-3H3,(H,22,23)(H2,21,24,25);1H. The van der Waals surface area contributed by atoms with E-state index >= 15 is 0 Å². The number of rotatable bonds is 5. The van der Waals surface area contributed by atoms with Crippen LogP contribution in [0.1, 0.15) is 31.9 Å². The normalized spacial score (nSPS) is 17.7. The number of ether oxygens (including phenoxy) is 1. The first-order chi connectivity index (χ1) is 12.6. The summed E-state index contributed by atoms with van der Waals surface area (Å²) < 4.78 is 6.10. The van der Waals surface area contributed by atoms with Gasteiger partial charge in [0.2, 0.25) is 0 Å². The monoisotopic (exact) mass is 481 g/mol. The van der Waals surface area contributed by atoms with Gasteiger partial charge in [0.25, 0.3) is 0 Å². The number of pyridine rings is 1. The number of nitrogens with zero attached hydrogens (tertiary/aromatic N) is 2. The Labute approximate surface area is 178 Å². The van der Waals surface area contributed by atoms with Crippen molar-refractivity contribution >= 4 is 35.8 Å². The Balaban J connectivity index is 0.00000261. The highest BCUT2D eigenvalue weighted by atomic mass is 127. The van der Waals surface area contributed by atoms with Crippen molar-refractivity contribution in [3.63, 3.8) is 0 Å². The summed E-state index contributed by atoms with van der Waals surface area (Å²) in [5.74, 6) is 2.59. The fraction of sp³-hybridized carbons (Fsp3) is 0.400. The van der Waals surface area contributed by atoms with E-state index in [1.807, 2.05) is 36.4 Å². The molecule has 27 heavy (non-hydrogen) atoms. The number of guanidine groups is 1. The van der Waals surface area contributed by atoms with Gasteiger partial charge in [0.05, 0.1) is 6.04 Å². The third-order valence-corrected chi connectivity index (χ3v) is 4.30. The number of hydrogen-bond donors (Lipinski definition) is 3. The van der Waals surface area contributed by atoms with E-state index in [2.05, 4.69) is 45.8 Å². The molecule has 0 amide bonds. The van der Waals surface area contributed by atoms with Gasteiger partial charge in [-0.15, -0.1) is 24.0 Å². The van der Waals surface area contributed by atoms with Gasteiger partial charge in [0.1, 0.15) is 17.2 Å². The van der Waals surface area contributed by atoms with E-state index in [9.17, 15) is 0 Å². The zero-order valence-corrected chi connectivity index (χ0v) is 18.4. The van der Waals surface area contributed by atoms with Crippen LogP contribution in [-0.4, -0.2) is 36.7 Å². The Morgan fingerprint density at radius 3 is 2.70 bits per heavy atom. The molecule has 1 aromatic carbocycles. The van der Waals surface area contributed by atoms with Crippen LogP contribution in [0.2, 0.25) is 0 Å². The lowest BCUT2D eigenvalue weighted by molar-refractivity contribution is 0.0694. The molecule has 0 saturated heterocycles. The first-order valence-corrected chi connectivity index (χ1v) is 8.97. The molecular formula is C20H28IN5O. The predicted octanol–water partition coefficient (Wildman–Crippen LogP) is 3.58. The lowest BCUT2D eigenvalue weighted by atomic mass is 9.90. The summed E-state index contributed by atoms with van der Waals surface area (Å²) in [6, 6.07) is 14.2. The van der Waals surface area contributed by atoms with E-state index in [1.54, 1.807) is 13.2 Å². The molecule has 0 saturated carbocycles. The molecule has 2 aromatic rings. The van der Waals surface area contributed by atoms with E-state index in [0.29, 0.717) is 0 Å². The second-order valence-electron chi connectivity index (χ2n) is 6.94. The SMILES string of the molecule is CN=C(NCCNc1ccccn1)NC1CC(C)(C)Oc2ccccc21.I. The molecule has 3 N–H and O–H groups in total. The van der Waals surface area contributed by atoms with E-state index in [0.717, 1.165) is 37.0 Å². The predicted molar refractivity (Wildman–Crippen MR) is 121 cm³/mol. The molecule has 2 heterocycles. The van der Waals surface area contributed by atoms with Gasteiger partial charge in [-0.25, -0.2) is 4.98 Å². The van der Waals surface area contributed by atoms with E-state index < -0.39 is 0 Å². The molecular weight excluding hydrogens is 453 g/mol. The van der Waals surface area contributed by atoms with Crippen LogP contribution in [-0.2, 0) is 0 Å². The molecule has 1 aliphatic rings. The molecule has 1 atom stereocenters. The Kier molecular flexibility index (Phi) is 7.70. The van der Waals surface area contributed by atoms with Crippen LogP contribution < -0.4 is 20.7 Å². The van der Waals surface area contributed by atoms with Crippen molar-refractivity contribution in [2.24, 2.45) is 4.99 Å². The van der Waals surface area contributed by atoms with Gasteiger partial charge in [-0.05, 0) is 32.0 Å². The summed E-state index contributed by atoms with van der Waals surface area (Å²) in [6.45, 7) is 5.73. The molecule has 146 valence electrons. The first kappa shape index (κ1) is 21.3. The number of aromatic nitrogens is 1. The molecule has 1 unspecified atom stereocenters. The van der Waals surface area contributed by atoms with Gasteiger partial charge in [0.15, 0.2) is 5.96 Å². The minimum atomic E-state index is -0.217. The number of aliphatic imine (C=N–C) groups is 1. The fourth-order valence-corrected chi connectivity index (χ4v) is 3.13. The van der Waals surface area contributed by atoms with Crippen LogP contribution in [0, 0.1) is 0 Å². The topological polar surface area (TPSA) is 70.6 Å². The summed E-state index contributed by atoms with van der Waals surface area (Å²) in [5.41, 5.74) is 0.951. The molecule has 7 heteroatoms. The molecule has 6 nitrogen and oxygen atoms in total. The minimum Gasteiger partial charge on any atom is -0.487 e. The molecule has 0 bridgehead atoms. The van der Waals surface area contributed by atoms with E-state index in [-0.39, 0.29) is 35.6 Å². The maximum absolute atomic E-state index is 6.10. The molecule has 1 aliphatic heterocycles. The van der Waals surface area contributed by atoms with Crippen LogP contribution in [0.25, 0.3) is 0 Å². The molecule has 1 aromatic heterocycles. The van der Waals surface area contributed by atoms with Crippen molar-refractivity contribution in [3.05, 3.63) is 54.2 Å². The lowest BCUT2D eigenvalue weighted by Crippen LogP contribution is -2.46. The molecule has 0 radical (unpaired) electrons. The quantitative estimate of drug-likeness (QED) is 0.264. The summed E-state index contributed by atoms with van der Waals surface area (Å²) in [4.78, 5) is 8.61. The van der Waals surface area contributed by atoms with Crippen LogP contribution in [0.4, 0.5) is 5.82 Å². The lowest BCUT2D eigenvalue weighted by Gasteiger charge is -2.38. The van der Waals surface area contributed by atoms with Crippen molar-refractivity contribution < 1.29 is 4.74 Å². The van der Waals surface area contributed by atoms with Crippen molar-refractivity contribution in [2.45, 2.75) is 31.9 Å². The summed E-state index contributed by atoms with van der Waals surface area (Å²) >= 11 is 0. The van der Waals surface area contributed by atoms with Crippen molar-refractivity contribution in [1.29, 1.82) is 0 Å². The largest absolute Gasteiger partial charge is 0.487 e. The zero-order chi connectivity index (χ0) is 18.4. The highest BCUT2D eigenvalue weighted by Gasteiger charge is 2.33. The molecule has 3 rings (SSSR count). The zero-order valence-electron chi connectivity index (χ0n) is 16.0. The number of anilines is 1. The highest BCUT2D eigenvalue weighted by molar-refractivity contribution is 14.0. The molecule has 0 spiro atoms. The van der Waals surface area contributed by atoms with Gasteiger partial charge in [-0.2, -0.15) is 0 Å². The number of benzene rings is 1. The van der Waals surface area contributed by atoms with E-state index in [1.165, 1.54) is 5.56 Å². The summed E-state index contributed by atoms with van der Waals surface area (Å²) in [6.07, 6.45) is 2.65. The Morgan fingerprint density at radius 1 is 1.19 bits per heavy atom. The Hall–Kier alpha value is -2.03. The average molecular weight is 481 g/mol. The van der Waals surface area contributed by atoms with Crippen molar-refractivity contribution in [3.8, 4) is 5.75 Å². The fourth-order valence-electron chi connectivity index (χ4n) is 3.13. The smallest absolute Gasteiger partial charge is 0.191 e. The number of nitrogens with one attached hydrogen (secondary N) is 3. The van der Waals surface area contributed by atoms with Gasteiger partial charge in [-0.3, -0.25) is 4.99 Å². The second-order valence-corrected chi connectivity index (χ2v) is 6.94.